The lowest BCUT2D eigenvalue weighted by Crippen LogP contribution is -2.01. The van der Waals surface area contributed by atoms with Crippen LogP contribution in [0.1, 0.15) is 0 Å². The van der Waals surface area contributed by atoms with E-state index in [4.69, 9.17) is 4.42 Å². The third-order valence-electron chi connectivity index (χ3n) is 11.7. The van der Waals surface area contributed by atoms with E-state index in [2.05, 4.69) is 209 Å². The van der Waals surface area contributed by atoms with Gasteiger partial charge < -0.3 is 13.6 Å². The Bertz CT molecular complexity index is 3460. The molecule has 3 heterocycles. The number of furan rings is 1. The molecule has 0 amide bonds. The van der Waals surface area contributed by atoms with E-state index >= 15 is 0 Å². The predicted molar refractivity (Wildman–Crippen MR) is 239 cm³/mol. The summed E-state index contributed by atoms with van der Waals surface area (Å²) in [6, 6.07) is 74.5. The minimum Gasteiger partial charge on any atom is -0.455 e. The summed E-state index contributed by atoms with van der Waals surface area (Å²) in [5, 5.41) is 7.14. The van der Waals surface area contributed by atoms with Gasteiger partial charge in [0.2, 0.25) is 0 Å². The van der Waals surface area contributed by atoms with Crippen LogP contribution in [0.25, 0.3) is 110 Å². The molecule has 0 saturated carbocycles. The first-order chi connectivity index (χ1) is 28.3. The maximum atomic E-state index is 6.66. The third-order valence-corrected chi connectivity index (χ3v) is 11.7. The smallest absolute Gasteiger partial charge is 0.143 e. The molecule has 9 aromatic carbocycles. The van der Waals surface area contributed by atoms with E-state index in [1.54, 1.807) is 0 Å². The minimum atomic E-state index is 0.898. The zero-order valence-electron chi connectivity index (χ0n) is 30.9. The van der Waals surface area contributed by atoms with Crippen LogP contribution in [-0.4, -0.2) is 9.13 Å². The number of aromatic nitrogens is 2. The standard InChI is InChI=1S/C54H34N2O/c1-2-14-35(15-3-1)36-28-30-37(31-29-36)38-32-39(55-49-24-8-4-16-41(49)42-17-5-9-25-50(42)55)34-40(33-38)56-51-26-10-6-18-43(51)45-20-12-21-46(53(45)56)48-23-13-22-47-44-19-7-11-27-52(44)57-54(47)48/h1-34H. The van der Waals surface area contributed by atoms with Gasteiger partial charge in [-0.3, -0.25) is 0 Å². The van der Waals surface area contributed by atoms with Crippen LogP contribution < -0.4 is 0 Å². The van der Waals surface area contributed by atoms with Crippen molar-refractivity contribution in [3.05, 3.63) is 206 Å². The quantitative estimate of drug-likeness (QED) is 0.173. The van der Waals surface area contributed by atoms with Crippen molar-refractivity contribution >= 4 is 65.6 Å². The zero-order valence-corrected chi connectivity index (χ0v) is 30.9. The van der Waals surface area contributed by atoms with Crippen molar-refractivity contribution in [1.82, 2.24) is 9.13 Å². The van der Waals surface area contributed by atoms with Crippen molar-refractivity contribution in [2.24, 2.45) is 0 Å². The highest BCUT2D eigenvalue weighted by molar-refractivity contribution is 6.17. The molecule has 0 saturated heterocycles. The summed E-state index contributed by atoms with van der Waals surface area (Å²) < 4.78 is 11.6. The monoisotopic (exact) mass is 726 g/mol. The predicted octanol–water partition coefficient (Wildman–Crippen LogP) is 14.8. The Hall–Kier alpha value is -7.62. The van der Waals surface area contributed by atoms with Gasteiger partial charge in [0.05, 0.1) is 22.1 Å². The first kappa shape index (κ1) is 31.7. The van der Waals surface area contributed by atoms with Crippen molar-refractivity contribution in [3.63, 3.8) is 0 Å². The molecule has 0 unspecified atom stereocenters. The Kier molecular flexibility index (Phi) is 6.93. The molecular formula is C54H34N2O. The summed E-state index contributed by atoms with van der Waals surface area (Å²) >= 11 is 0. The summed E-state index contributed by atoms with van der Waals surface area (Å²) in [4.78, 5) is 0. The van der Waals surface area contributed by atoms with Crippen molar-refractivity contribution in [2.75, 3.05) is 0 Å². The maximum absolute atomic E-state index is 6.66. The highest BCUT2D eigenvalue weighted by Gasteiger charge is 2.21. The second-order valence-electron chi connectivity index (χ2n) is 14.9. The molecule has 0 N–H and O–H groups in total. The Morgan fingerprint density at radius 2 is 0.772 bits per heavy atom. The van der Waals surface area contributed by atoms with Gasteiger partial charge in [-0.15, -0.1) is 0 Å². The van der Waals surface area contributed by atoms with Crippen LogP contribution >= 0.6 is 0 Å². The summed E-state index contributed by atoms with van der Waals surface area (Å²) in [6.45, 7) is 0. The van der Waals surface area contributed by atoms with Crippen LogP contribution in [0.3, 0.4) is 0 Å². The molecular weight excluding hydrogens is 693 g/mol. The summed E-state index contributed by atoms with van der Waals surface area (Å²) in [6.07, 6.45) is 0. The number of hydrogen-bond donors (Lipinski definition) is 0. The van der Waals surface area contributed by atoms with E-state index in [-0.39, 0.29) is 0 Å². The molecule has 0 fully saturated rings. The molecule has 0 radical (unpaired) electrons. The molecule has 3 heteroatoms. The molecule has 0 aliphatic rings. The third kappa shape index (κ3) is 4.86. The fraction of sp³-hybridized carbons (Fsp3) is 0. The van der Waals surface area contributed by atoms with Gasteiger partial charge in [0.1, 0.15) is 11.2 Å². The Balaban J connectivity index is 1.17. The second-order valence-corrected chi connectivity index (χ2v) is 14.9. The van der Waals surface area contributed by atoms with Gasteiger partial charge in [0.15, 0.2) is 0 Å². The molecule has 266 valence electrons. The van der Waals surface area contributed by atoms with Crippen LogP contribution in [0.15, 0.2) is 211 Å². The first-order valence-electron chi connectivity index (χ1n) is 19.5. The van der Waals surface area contributed by atoms with E-state index in [1.165, 1.54) is 43.7 Å². The van der Waals surface area contributed by atoms with E-state index < -0.39 is 0 Å². The van der Waals surface area contributed by atoms with Gasteiger partial charge in [0, 0.05) is 54.8 Å². The molecule has 0 bridgehead atoms. The Labute approximate surface area is 328 Å². The van der Waals surface area contributed by atoms with Crippen molar-refractivity contribution in [1.29, 1.82) is 0 Å². The number of rotatable bonds is 5. The topological polar surface area (TPSA) is 23.0 Å². The molecule has 12 rings (SSSR count). The van der Waals surface area contributed by atoms with E-state index in [9.17, 15) is 0 Å². The fourth-order valence-corrected chi connectivity index (χ4v) is 9.17. The van der Waals surface area contributed by atoms with Gasteiger partial charge in [-0.2, -0.15) is 0 Å². The number of benzene rings is 9. The average Bonchev–Trinajstić information content (AvgIpc) is 3.95. The van der Waals surface area contributed by atoms with Crippen molar-refractivity contribution < 1.29 is 4.42 Å². The molecule has 12 aromatic rings. The zero-order chi connectivity index (χ0) is 37.5. The second kappa shape index (κ2) is 12.5. The number of fused-ring (bicyclic) bond motifs is 9. The highest BCUT2D eigenvalue weighted by atomic mass is 16.3. The van der Waals surface area contributed by atoms with Crippen LogP contribution in [-0.2, 0) is 0 Å². The van der Waals surface area contributed by atoms with Crippen molar-refractivity contribution in [2.45, 2.75) is 0 Å². The molecule has 0 aliphatic heterocycles. The maximum Gasteiger partial charge on any atom is 0.143 e. The Morgan fingerprint density at radius 3 is 1.46 bits per heavy atom. The lowest BCUT2D eigenvalue weighted by molar-refractivity contribution is 0.670. The SMILES string of the molecule is c1ccc(-c2ccc(-c3cc(-n4c5ccccc5c5ccccc54)cc(-n4c5ccccc5c5cccc(-c6cccc7c6oc6ccccc67)c54)c3)cc2)cc1. The van der Waals surface area contributed by atoms with Gasteiger partial charge in [0.25, 0.3) is 0 Å². The van der Waals surface area contributed by atoms with Gasteiger partial charge in [-0.05, 0) is 64.7 Å². The summed E-state index contributed by atoms with van der Waals surface area (Å²) in [5.41, 5.74) is 15.6. The molecule has 0 atom stereocenters. The largest absolute Gasteiger partial charge is 0.455 e. The van der Waals surface area contributed by atoms with E-state index in [0.29, 0.717) is 0 Å². The number of nitrogens with zero attached hydrogens (tertiary/aromatic N) is 2. The van der Waals surface area contributed by atoms with Gasteiger partial charge in [-0.1, -0.05) is 164 Å². The normalized spacial score (nSPS) is 11.9. The van der Waals surface area contributed by atoms with Crippen LogP contribution in [0.5, 0.6) is 0 Å². The lowest BCUT2D eigenvalue weighted by Gasteiger charge is -2.17. The summed E-state index contributed by atoms with van der Waals surface area (Å²) in [7, 11) is 0. The number of hydrogen-bond acceptors (Lipinski definition) is 1. The molecule has 3 aromatic heterocycles. The highest BCUT2D eigenvalue weighted by Crippen LogP contribution is 2.43. The van der Waals surface area contributed by atoms with Gasteiger partial charge in [-0.25, -0.2) is 0 Å². The Morgan fingerprint density at radius 1 is 0.298 bits per heavy atom. The van der Waals surface area contributed by atoms with Gasteiger partial charge >= 0.3 is 0 Å². The molecule has 0 aliphatic carbocycles. The fourth-order valence-electron chi connectivity index (χ4n) is 9.17. The minimum absolute atomic E-state index is 0.898. The van der Waals surface area contributed by atoms with Crippen molar-refractivity contribution in [3.8, 4) is 44.8 Å². The molecule has 0 spiro atoms. The average molecular weight is 727 g/mol. The lowest BCUT2D eigenvalue weighted by atomic mass is 9.98. The molecule has 57 heavy (non-hydrogen) atoms. The summed E-state index contributed by atoms with van der Waals surface area (Å²) in [5.74, 6) is 0. The van der Waals surface area contributed by atoms with Crippen LogP contribution in [0, 0.1) is 0 Å². The number of para-hydroxylation sites is 6. The van der Waals surface area contributed by atoms with Crippen LogP contribution in [0.2, 0.25) is 0 Å². The van der Waals surface area contributed by atoms with E-state index in [0.717, 1.165) is 66.6 Å². The first-order valence-corrected chi connectivity index (χ1v) is 19.5. The van der Waals surface area contributed by atoms with E-state index in [1.807, 2.05) is 6.07 Å². The van der Waals surface area contributed by atoms with Crippen LogP contribution in [0.4, 0.5) is 0 Å². The molecule has 3 nitrogen and oxygen atoms in total.